The number of nitrogens with one attached hydrogen (secondary N) is 1. The van der Waals surface area contributed by atoms with Crippen molar-refractivity contribution in [3.63, 3.8) is 0 Å². The Morgan fingerprint density at radius 3 is 2.24 bits per heavy atom. The number of hydrogen-bond acceptors (Lipinski definition) is 5. The van der Waals surface area contributed by atoms with E-state index in [2.05, 4.69) is 69.8 Å². The van der Waals surface area contributed by atoms with Crippen LogP contribution in [0, 0.1) is 11.3 Å². The molecule has 2 aromatic heterocycles. The first-order chi connectivity index (χ1) is 18.3. The molecule has 4 aromatic rings. The predicted molar refractivity (Wildman–Crippen MR) is 146 cm³/mol. The Balaban J connectivity index is 1.32. The fourth-order valence-electron chi connectivity index (χ4n) is 5.14. The third-order valence-corrected chi connectivity index (χ3v) is 7.09. The zero-order chi connectivity index (χ0) is 25.3. The Hall–Kier alpha value is -3.85. The van der Waals surface area contributed by atoms with Crippen LogP contribution in [0.4, 0.5) is 0 Å². The van der Waals surface area contributed by atoms with Crippen LogP contribution in [0.3, 0.4) is 0 Å². The molecular weight excluding hydrogens is 454 g/mol. The van der Waals surface area contributed by atoms with Gasteiger partial charge in [0.15, 0.2) is 0 Å². The highest BCUT2D eigenvalue weighted by atomic mass is 15.2. The number of pyridine rings is 2. The standard InChI is InChI=1S/C32H33N5/c33-20-25-10-14-27(15-11-25)23-37(31-9-2-1-6-29-7-5-19-36-32(29)31)24-28-16-12-26(13-17-28)21-34-22-30-8-3-4-18-35-30/h3-5,7-8,10-19,31,34H,1-2,6,9,21-24H2. The first-order valence-corrected chi connectivity index (χ1v) is 13.1. The summed E-state index contributed by atoms with van der Waals surface area (Å²) in [6, 6.07) is 29.7. The molecule has 1 atom stereocenters. The maximum Gasteiger partial charge on any atom is 0.0991 e. The van der Waals surface area contributed by atoms with Gasteiger partial charge in [-0.25, -0.2) is 0 Å². The van der Waals surface area contributed by atoms with Gasteiger partial charge >= 0.3 is 0 Å². The van der Waals surface area contributed by atoms with Crippen molar-refractivity contribution in [3.8, 4) is 6.07 Å². The van der Waals surface area contributed by atoms with Crippen molar-refractivity contribution < 1.29 is 0 Å². The van der Waals surface area contributed by atoms with Crippen LogP contribution in [0.5, 0.6) is 0 Å². The second kappa shape index (κ2) is 12.4. The van der Waals surface area contributed by atoms with E-state index in [1.807, 2.05) is 42.7 Å². The molecule has 0 saturated carbocycles. The van der Waals surface area contributed by atoms with Crippen LogP contribution in [0.25, 0.3) is 0 Å². The second-order valence-corrected chi connectivity index (χ2v) is 9.76. The van der Waals surface area contributed by atoms with Gasteiger partial charge in [0.1, 0.15) is 0 Å². The van der Waals surface area contributed by atoms with Crippen LogP contribution < -0.4 is 5.32 Å². The van der Waals surface area contributed by atoms with Crippen LogP contribution in [-0.2, 0) is 32.6 Å². The molecule has 0 spiro atoms. The lowest BCUT2D eigenvalue weighted by Gasteiger charge is -2.32. The molecule has 0 bridgehead atoms. The molecule has 1 aliphatic rings. The number of nitrogens with zero attached hydrogens (tertiary/aromatic N) is 4. The van der Waals surface area contributed by atoms with Crippen molar-refractivity contribution in [2.45, 2.75) is 57.9 Å². The Morgan fingerprint density at radius 1 is 0.784 bits per heavy atom. The van der Waals surface area contributed by atoms with E-state index in [-0.39, 0.29) is 6.04 Å². The van der Waals surface area contributed by atoms with Gasteiger partial charge < -0.3 is 5.32 Å². The van der Waals surface area contributed by atoms with Gasteiger partial charge in [-0.2, -0.15) is 5.26 Å². The average Bonchev–Trinajstić information content (AvgIpc) is 3.17. The maximum absolute atomic E-state index is 9.21. The zero-order valence-corrected chi connectivity index (χ0v) is 21.2. The Morgan fingerprint density at radius 2 is 1.51 bits per heavy atom. The van der Waals surface area contributed by atoms with Crippen LogP contribution in [0.15, 0.2) is 91.3 Å². The van der Waals surface area contributed by atoms with Gasteiger partial charge in [-0.15, -0.1) is 0 Å². The first kappa shape index (κ1) is 24.8. The summed E-state index contributed by atoms with van der Waals surface area (Å²) < 4.78 is 0. The van der Waals surface area contributed by atoms with E-state index in [0.29, 0.717) is 5.56 Å². The topological polar surface area (TPSA) is 64.8 Å². The largest absolute Gasteiger partial charge is 0.307 e. The van der Waals surface area contributed by atoms with Crippen molar-refractivity contribution >= 4 is 0 Å². The van der Waals surface area contributed by atoms with Crippen LogP contribution >= 0.6 is 0 Å². The molecule has 0 aliphatic heterocycles. The number of nitriles is 1. The number of fused-ring (bicyclic) bond motifs is 1. The van der Waals surface area contributed by atoms with Crippen LogP contribution in [0.1, 0.15) is 64.5 Å². The molecule has 186 valence electrons. The van der Waals surface area contributed by atoms with Gasteiger partial charge in [0.2, 0.25) is 0 Å². The van der Waals surface area contributed by atoms with E-state index in [1.165, 1.54) is 40.8 Å². The molecule has 1 N–H and O–H groups in total. The Labute approximate surface area is 219 Å². The number of hydrogen-bond donors (Lipinski definition) is 1. The van der Waals surface area contributed by atoms with Crippen molar-refractivity contribution in [1.82, 2.24) is 20.2 Å². The molecule has 1 aliphatic carbocycles. The van der Waals surface area contributed by atoms with E-state index in [9.17, 15) is 5.26 Å². The smallest absolute Gasteiger partial charge is 0.0991 e. The molecule has 0 saturated heterocycles. The molecular formula is C32H33N5. The van der Waals surface area contributed by atoms with Crippen LogP contribution in [0.2, 0.25) is 0 Å². The van der Waals surface area contributed by atoms with Gasteiger partial charge in [-0.3, -0.25) is 14.9 Å². The molecule has 1 unspecified atom stereocenters. The molecule has 5 rings (SSSR count). The summed E-state index contributed by atoms with van der Waals surface area (Å²) in [5.74, 6) is 0. The highest BCUT2D eigenvalue weighted by Crippen LogP contribution is 2.34. The summed E-state index contributed by atoms with van der Waals surface area (Å²) in [6.07, 6.45) is 8.38. The highest BCUT2D eigenvalue weighted by molar-refractivity contribution is 5.32. The summed E-state index contributed by atoms with van der Waals surface area (Å²) in [4.78, 5) is 11.8. The second-order valence-electron chi connectivity index (χ2n) is 9.76. The molecule has 5 nitrogen and oxygen atoms in total. The molecule has 5 heteroatoms. The molecule has 2 heterocycles. The van der Waals surface area contributed by atoms with E-state index in [0.717, 1.165) is 44.7 Å². The number of aromatic nitrogens is 2. The van der Waals surface area contributed by atoms with Crippen molar-refractivity contribution in [1.29, 1.82) is 5.26 Å². The normalized spacial score (nSPS) is 15.1. The van der Waals surface area contributed by atoms with Gasteiger partial charge in [-0.1, -0.05) is 55.0 Å². The van der Waals surface area contributed by atoms with Gasteiger partial charge in [0.05, 0.1) is 29.1 Å². The summed E-state index contributed by atoms with van der Waals surface area (Å²) in [5.41, 5.74) is 8.13. The average molecular weight is 488 g/mol. The summed E-state index contributed by atoms with van der Waals surface area (Å²) >= 11 is 0. The Bertz CT molecular complexity index is 1310. The van der Waals surface area contributed by atoms with Gasteiger partial charge in [-0.05, 0) is 71.8 Å². The molecule has 0 amide bonds. The fraction of sp³-hybridized carbons (Fsp3) is 0.281. The minimum absolute atomic E-state index is 0.272. The van der Waals surface area contributed by atoms with E-state index in [1.54, 1.807) is 0 Å². The van der Waals surface area contributed by atoms with E-state index >= 15 is 0 Å². The Kier molecular flexibility index (Phi) is 8.32. The lowest BCUT2D eigenvalue weighted by atomic mass is 10.0. The first-order valence-electron chi connectivity index (χ1n) is 13.1. The molecule has 0 fully saturated rings. The SMILES string of the molecule is N#Cc1ccc(CN(Cc2ccc(CNCc3ccccn3)cc2)C2CCCCc3cccnc32)cc1. The number of aryl methyl sites for hydroxylation is 1. The molecule has 2 aromatic carbocycles. The van der Waals surface area contributed by atoms with Crippen molar-refractivity contribution in [2.75, 3.05) is 0 Å². The maximum atomic E-state index is 9.21. The fourth-order valence-corrected chi connectivity index (χ4v) is 5.14. The van der Waals surface area contributed by atoms with Gasteiger partial charge in [0.25, 0.3) is 0 Å². The molecule has 0 radical (unpaired) electrons. The van der Waals surface area contributed by atoms with Gasteiger partial charge in [0, 0.05) is 38.6 Å². The van der Waals surface area contributed by atoms with Crippen molar-refractivity contribution in [3.05, 3.63) is 130 Å². The quantitative estimate of drug-likeness (QED) is 0.289. The summed E-state index contributed by atoms with van der Waals surface area (Å²) in [5, 5.41) is 12.7. The highest BCUT2D eigenvalue weighted by Gasteiger charge is 2.26. The van der Waals surface area contributed by atoms with Crippen LogP contribution in [-0.4, -0.2) is 14.9 Å². The third kappa shape index (κ3) is 6.68. The number of benzene rings is 2. The lowest BCUT2D eigenvalue weighted by Crippen LogP contribution is -2.29. The lowest BCUT2D eigenvalue weighted by molar-refractivity contribution is 0.165. The van der Waals surface area contributed by atoms with E-state index in [4.69, 9.17) is 4.98 Å². The monoisotopic (exact) mass is 487 g/mol. The minimum Gasteiger partial charge on any atom is -0.307 e. The summed E-state index contributed by atoms with van der Waals surface area (Å²) in [7, 11) is 0. The van der Waals surface area contributed by atoms with Crippen molar-refractivity contribution in [2.24, 2.45) is 0 Å². The summed E-state index contributed by atoms with van der Waals surface area (Å²) in [6.45, 7) is 3.24. The molecule has 37 heavy (non-hydrogen) atoms. The van der Waals surface area contributed by atoms with E-state index < -0.39 is 0 Å². The predicted octanol–water partition coefficient (Wildman–Crippen LogP) is 6.11. The third-order valence-electron chi connectivity index (χ3n) is 7.09. The number of rotatable bonds is 9. The zero-order valence-electron chi connectivity index (χ0n) is 21.2. The minimum atomic E-state index is 0.272.